The van der Waals surface area contributed by atoms with Gasteiger partial charge >= 0.3 is 0 Å². The highest BCUT2D eigenvalue weighted by Crippen LogP contribution is 2.25. The summed E-state index contributed by atoms with van der Waals surface area (Å²) in [5.41, 5.74) is 2.11. The SMILES string of the molecule is Cc1c(CSCC2CNC2)cccc1[N+](=O)[O-]. The van der Waals surface area contributed by atoms with E-state index in [9.17, 15) is 10.1 Å². The molecule has 0 radical (unpaired) electrons. The Kier molecular flexibility index (Phi) is 4.02. The summed E-state index contributed by atoms with van der Waals surface area (Å²) >= 11 is 1.86. The zero-order valence-electron chi connectivity index (χ0n) is 9.81. The lowest BCUT2D eigenvalue weighted by molar-refractivity contribution is -0.385. The Morgan fingerprint density at radius 1 is 1.53 bits per heavy atom. The first kappa shape index (κ1) is 12.4. The largest absolute Gasteiger partial charge is 0.316 e. The Morgan fingerprint density at radius 3 is 2.88 bits per heavy atom. The van der Waals surface area contributed by atoms with Crippen LogP contribution < -0.4 is 5.32 Å². The van der Waals surface area contributed by atoms with Gasteiger partial charge in [0.25, 0.3) is 5.69 Å². The number of hydrogen-bond donors (Lipinski definition) is 1. The van der Waals surface area contributed by atoms with Crippen molar-refractivity contribution in [1.82, 2.24) is 5.32 Å². The van der Waals surface area contributed by atoms with Crippen molar-refractivity contribution in [2.24, 2.45) is 5.92 Å². The molecule has 17 heavy (non-hydrogen) atoms. The molecule has 1 heterocycles. The lowest BCUT2D eigenvalue weighted by atomic mass is 10.1. The van der Waals surface area contributed by atoms with Gasteiger partial charge in [0.05, 0.1) is 4.92 Å². The number of rotatable bonds is 5. The Morgan fingerprint density at radius 2 is 2.29 bits per heavy atom. The molecule has 1 aliphatic heterocycles. The van der Waals surface area contributed by atoms with Gasteiger partial charge in [0.1, 0.15) is 0 Å². The van der Waals surface area contributed by atoms with Gasteiger partial charge in [-0.2, -0.15) is 11.8 Å². The maximum Gasteiger partial charge on any atom is 0.272 e. The number of nitrogens with zero attached hydrogens (tertiary/aromatic N) is 1. The Balaban J connectivity index is 1.95. The van der Waals surface area contributed by atoms with Crippen LogP contribution in [0.15, 0.2) is 18.2 Å². The molecule has 0 aromatic heterocycles. The van der Waals surface area contributed by atoms with Crippen LogP contribution in [0.1, 0.15) is 11.1 Å². The first-order chi connectivity index (χ1) is 8.18. The summed E-state index contributed by atoms with van der Waals surface area (Å²) in [6.45, 7) is 4.06. The Hall–Kier alpha value is -1.07. The molecule has 0 atom stereocenters. The van der Waals surface area contributed by atoms with Crippen LogP contribution in [0.5, 0.6) is 0 Å². The molecule has 92 valence electrons. The van der Waals surface area contributed by atoms with Crippen molar-refractivity contribution in [3.8, 4) is 0 Å². The molecule has 0 bridgehead atoms. The van der Waals surface area contributed by atoms with E-state index in [1.54, 1.807) is 12.1 Å². The van der Waals surface area contributed by atoms with Crippen LogP contribution in [-0.4, -0.2) is 23.8 Å². The molecule has 1 fully saturated rings. The number of nitrogens with one attached hydrogen (secondary N) is 1. The maximum atomic E-state index is 10.8. The second kappa shape index (κ2) is 5.51. The summed E-state index contributed by atoms with van der Waals surface area (Å²) < 4.78 is 0. The number of thioether (sulfide) groups is 1. The molecule has 2 rings (SSSR count). The fraction of sp³-hybridized carbons (Fsp3) is 0.500. The van der Waals surface area contributed by atoms with Gasteiger partial charge in [-0.1, -0.05) is 12.1 Å². The summed E-state index contributed by atoms with van der Waals surface area (Å²) in [5.74, 6) is 2.78. The van der Waals surface area contributed by atoms with Crippen molar-refractivity contribution < 1.29 is 4.92 Å². The standard InChI is InChI=1S/C12H16N2O2S/c1-9-11(3-2-4-12(9)14(15)16)8-17-7-10-5-13-6-10/h2-4,10,13H,5-8H2,1H3. The molecule has 1 aromatic carbocycles. The van der Waals surface area contributed by atoms with E-state index in [1.165, 1.54) is 0 Å². The average molecular weight is 252 g/mol. The quantitative estimate of drug-likeness (QED) is 0.645. The van der Waals surface area contributed by atoms with Crippen molar-refractivity contribution >= 4 is 17.4 Å². The smallest absolute Gasteiger partial charge is 0.272 e. The van der Waals surface area contributed by atoms with E-state index in [4.69, 9.17) is 0 Å². The third-order valence-corrected chi connectivity index (χ3v) is 4.31. The van der Waals surface area contributed by atoms with Crippen LogP contribution in [0.3, 0.4) is 0 Å². The first-order valence-electron chi connectivity index (χ1n) is 5.70. The highest BCUT2D eigenvalue weighted by molar-refractivity contribution is 7.98. The fourth-order valence-electron chi connectivity index (χ4n) is 1.83. The molecule has 4 nitrogen and oxygen atoms in total. The lowest BCUT2D eigenvalue weighted by Gasteiger charge is -2.26. The molecule has 1 aromatic rings. The van der Waals surface area contributed by atoms with Crippen LogP contribution in [-0.2, 0) is 5.75 Å². The molecule has 1 aliphatic rings. The molecule has 1 saturated heterocycles. The molecule has 1 N–H and O–H groups in total. The summed E-state index contributed by atoms with van der Waals surface area (Å²) in [7, 11) is 0. The van der Waals surface area contributed by atoms with Gasteiger partial charge < -0.3 is 5.32 Å². The van der Waals surface area contributed by atoms with E-state index in [0.717, 1.165) is 41.6 Å². The molecule has 0 aliphatic carbocycles. The summed E-state index contributed by atoms with van der Waals surface area (Å²) in [6.07, 6.45) is 0. The van der Waals surface area contributed by atoms with Gasteiger partial charge in [0.15, 0.2) is 0 Å². The first-order valence-corrected chi connectivity index (χ1v) is 6.85. The van der Waals surface area contributed by atoms with Crippen LogP contribution in [0.25, 0.3) is 0 Å². The van der Waals surface area contributed by atoms with Crippen molar-refractivity contribution in [1.29, 1.82) is 0 Å². The van der Waals surface area contributed by atoms with Gasteiger partial charge in [-0.15, -0.1) is 0 Å². The second-order valence-electron chi connectivity index (χ2n) is 4.36. The van der Waals surface area contributed by atoms with E-state index in [1.807, 2.05) is 24.8 Å². The second-order valence-corrected chi connectivity index (χ2v) is 5.39. The minimum atomic E-state index is -0.306. The summed E-state index contributed by atoms with van der Waals surface area (Å²) in [4.78, 5) is 10.5. The van der Waals surface area contributed by atoms with E-state index in [-0.39, 0.29) is 10.6 Å². The van der Waals surface area contributed by atoms with Crippen LogP contribution >= 0.6 is 11.8 Å². The van der Waals surface area contributed by atoms with E-state index in [0.29, 0.717) is 0 Å². The Labute approximate surface area is 105 Å². The van der Waals surface area contributed by atoms with Gasteiger partial charge in [-0.3, -0.25) is 10.1 Å². The molecular weight excluding hydrogens is 236 g/mol. The van der Waals surface area contributed by atoms with Gasteiger partial charge in [0, 0.05) is 17.4 Å². The van der Waals surface area contributed by atoms with Crippen molar-refractivity contribution in [3.63, 3.8) is 0 Å². The third-order valence-electron chi connectivity index (χ3n) is 3.09. The number of nitro groups is 1. The van der Waals surface area contributed by atoms with Gasteiger partial charge in [-0.25, -0.2) is 0 Å². The van der Waals surface area contributed by atoms with E-state index < -0.39 is 0 Å². The minimum absolute atomic E-state index is 0.230. The zero-order chi connectivity index (χ0) is 12.3. The van der Waals surface area contributed by atoms with E-state index in [2.05, 4.69) is 5.32 Å². The molecule has 0 saturated carbocycles. The molecule has 0 spiro atoms. The number of hydrogen-bond acceptors (Lipinski definition) is 4. The van der Waals surface area contributed by atoms with Gasteiger partial charge in [-0.05, 0) is 37.2 Å². The van der Waals surface area contributed by atoms with Crippen LogP contribution in [0.2, 0.25) is 0 Å². The van der Waals surface area contributed by atoms with Crippen molar-refractivity contribution in [2.45, 2.75) is 12.7 Å². The lowest BCUT2D eigenvalue weighted by Crippen LogP contribution is -2.43. The molecular formula is C12H16N2O2S. The highest BCUT2D eigenvalue weighted by Gasteiger charge is 2.17. The van der Waals surface area contributed by atoms with Crippen LogP contribution in [0, 0.1) is 23.0 Å². The third kappa shape index (κ3) is 2.98. The summed E-state index contributed by atoms with van der Waals surface area (Å²) in [5, 5.41) is 14.0. The number of nitro benzene ring substituents is 1. The zero-order valence-corrected chi connectivity index (χ0v) is 10.6. The predicted molar refractivity (Wildman–Crippen MR) is 70.4 cm³/mol. The average Bonchev–Trinajstić information content (AvgIpc) is 2.23. The van der Waals surface area contributed by atoms with Crippen molar-refractivity contribution in [3.05, 3.63) is 39.4 Å². The van der Waals surface area contributed by atoms with Gasteiger partial charge in [0.2, 0.25) is 0 Å². The molecule has 5 heteroatoms. The van der Waals surface area contributed by atoms with Crippen LogP contribution in [0.4, 0.5) is 5.69 Å². The number of benzene rings is 1. The highest BCUT2D eigenvalue weighted by atomic mass is 32.2. The fourth-order valence-corrected chi connectivity index (χ4v) is 3.05. The normalized spacial score (nSPS) is 15.6. The Bertz CT molecular complexity index is 419. The van der Waals surface area contributed by atoms with Crippen molar-refractivity contribution in [2.75, 3.05) is 18.8 Å². The van der Waals surface area contributed by atoms with E-state index >= 15 is 0 Å². The maximum absolute atomic E-state index is 10.8. The molecule has 0 unspecified atom stereocenters. The molecule has 0 amide bonds. The summed E-state index contributed by atoms with van der Waals surface area (Å²) in [6, 6.07) is 5.32. The minimum Gasteiger partial charge on any atom is -0.316 e. The monoisotopic (exact) mass is 252 g/mol. The predicted octanol–water partition coefficient (Wildman–Crippen LogP) is 2.36. The topological polar surface area (TPSA) is 55.2 Å².